The zero-order chi connectivity index (χ0) is 19.6. The monoisotopic (exact) mass is 402 g/mol. The van der Waals surface area contributed by atoms with Crippen LogP contribution in [0.2, 0.25) is 0 Å². The van der Waals surface area contributed by atoms with Crippen LogP contribution in [-0.2, 0) is 9.59 Å². The van der Waals surface area contributed by atoms with Gasteiger partial charge < -0.3 is 20.4 Å². The number of nitrogens with one attached hydrogen (secondary N) is 4. The van der Waals surface area contributed by atoms with Crippen LogP contribution >= 0.6 is 24.4 Å². The van der Waals surface area contributed by atoms with E-state index in [1.807, 2.05) is 0 Å². The molecule has 9 heteroatoms. The number of furan rings is 1. The zero-order valence-corrected chi connectivity index (χ0v) is 16.1. The van der Waals surface area contributed by atoms with E-state index in [2.05, 4.69) is 21.3 Å². The summed E-state index contributed by atoms with van der Waals surface area (Å²) in [5.74, 6) is 0.0346. The summed E-state index contributed by atoms with van der Waals surface area (Å²) in [6.45, 7) is 1.74. The summed E-state index contributed by atoms with van der Waals surface area (Å²) in [7, 11) is 0. The van der Waals surface area contributed by atoms with E-state index in [9.17, 15) is 9.59 Å². The molecule has 0 bridgehead atoms. The fourth-order valence-electron chi connectivity index (χ4n) is 1.87. The van der Waals surface area contributed by atoms with Gasteiger partial charge in [0.2, 0.25) is 11.8 Å². The minimum Gasteiger partial charge on any atom is -0.465 e. The summed E-state index contributed by atoms with van der Waals surface area (Å²) < 4.78 is 5.10. The van der Waals surface area contributed by atoms with Crippen LogP contribution in [0.25, 0.3) is 6.08 Å². The molecule has 2 aromatic rings. The van der Waals surface area contributed by atoms with E-state index in [1.54, 1.807) is 49.4 Å². The number of carbonyl (C=O) groups is 2. The van der Waals surface area contributed by atoms with Crippen molar-refractivity contribution in [3.05, 3.63) is 54.5 Å². The van der Waals surface area contributed by atoms with E-state index in [1.165, 1.54) is 12.3 Å². The first-order chi connectivity index (χ1) is 13.0. The average Bonchev–Trinajstić information content (AvgIpc) is 3.15. The van der Waals surface area contributed by atoms with Gasteiger partial charge in [-0.1, -0.05) is 6.92 Å². The standard InChI is InChI=1S/C18H18N4O3S2/c1-2-15(23)21-17(26)19-12-5-7-13(8-6-12)20-18(27)22-16(24)10-9-14-4-3-11-25-14/h3-11H,2H2,1H3,(H2,19,21,23,26)(H2,20,22,24,27)/b10-9+. The van der Waals surface area contributed by atoms with Crippen LogP contribution in [0, 0.1) is 0 Å². The summed E-state index contributed by atoms with van der Waals surface area (Å²) in [5.41, 5.74) is 1.39. The third kappa shape index (κ3) is 7.38. The molecule has 0 aliphatic rings. The molecule has 0 radical (unpaired) electrons. The molecule has 2 rings (SSSR count). The van der Waals surface area contributed by atoms with Crippen LogP contribution < -0.4 is 21.3 Å². The van der Waals surface area contributed by atoms with Crippen LogP contribution in [-0.4, -0.2) is 22.0 Å². The zero-order valence-electron chi connectivity index (χ0n) is 14.4. The Balaban J connectivity index is 1.81. The van der Waals surface area contributed by atoms with Crippen molar-refractivity contribution < 1.29 is 14.0 Å². The Kier molecular flexibility index (Phi) is 7.65. The Morgan fingerprint density at radius 3 is 2.11 bits per heavy atom. The maximum absolute atomic E-state index is 11.8. The lowest BCUT2D eigenvalue weighted by Gasteiger charge is -2.11. The lowest BCUT2D eigenvalue weighted by atomic mass is 10.3. The summed E-state index contributed by atoms with van der Waals surface area (Å²) in [4.78, 5) is 23.1. The maximum Gasteiger partial charge on any atom is 0.250 e. The fourth-order valence-corrected chi connectivity index (χ4v) is 2.32. The number of amides is 2. The number of anilines is 2. The number of benzene rings is 1. The molecule has 1 heterocycles. The molecule has 140 valence electrons. The summed E-state index contributed by atoms with van der Waals surface area (Å²) in [5, 5.41) is 11.3. The minimum atomic E-state index is -0.376. The minimum absolute atomic E-state index is 0.159. The highest BCUT2D eigenvalue weighted by Gasteiger charge is 2.04. The summed E-state index contributed by atoms with van der Waals surface area (Å²) in [6, 6.07) is 10.5. The van der Waals surface area contributed by atoms with E-state index in [4.69, 9.17) is 28.9 Å². The molecule has 0 fully saturated rings. The van der Waals surface area contributed by atoms with Gasteiger partial charge in [0, 0.05) is 23.9 Å². The molecule has 0 saturated heterocycles. The molecule has 27 heavy (non-hydrogen) atoms. The Labute approximate surface area is 167 Å². The van der Waals surface area contributed by atoms with E-state index in [0.29, 0.717) is 23.6 Å². The highest BCUT2D eigenvalue weighted by atomic mass is 32.1. The van der Waals surface area contributed by atoms with Gasteiger partial charge in [-0.2, -0.15) is 0 Å². The van der Waals surface area contributed by atoms with Crippen LogP contribution in [0.3, 0.4) is 0 Å². The smallest absolute Gasteiger partial charge is 0.250 e. The number of thiocarbonyl (C=S) groups is 2. The Morgan fingerprint density at radius 2 is 1.59 bits per heavy atom. The van der Waals surface area contributed by atoms with Crippen molar-refractivity contribution in [3.8, 4) is 0 Å². The van der Waals surface area contributed by atoms with Crippen molar-refractivity contribution in [1.82, 2.24) is 10.6 Å². The second-order valence-electron chi connectivity index (χ2n) is 5.23. The highest BCUT2D eigenvalue weighted by molar-refractivity contribution is 7.80. The van der Waals surface area contributed by atoms with E-state index in [0.717, 1.165) is 0 Å². The van der Waals surface area contributed by atoms with Gasteiger partial charge in [0.05, 0.1) is 6.26 Å². The molecule has 4 N–H and O–H groups in total. The van der Waals surface area contributed by atoms with E-state index >= 15 is 0 Å². The molecule has 7 nitrogen and oxygen atoms in total. The van der Waals surface area contributed by atoms with Gasteiger partial charge >= 0.3 is 0 Å². The average molecular weight is 403 g/mol. The number of hydrogen-bond donors (Lipinski definition) is 4. The molecule has 0 atom stereocenters. The maximum atomic E-state index is 11.8. The molecular weight excluding hydrogens is 384 g/mol. The van der Waals surface area contributed by atoms with Gasteiger partial charge in [-0.25, -0.2) is 0 Å². The van der Waals surface area contributed by atoms with Crippen molar-refractivity contribution >= 4 is 63.9 Å². The van der Waals surface area contributed by atoms with Gasteiger partial charge in [-0.3, -0.25) is 14.9 Å². The molecule has 1 aromatic carbocycles. The third-order valence-corrected chi connectivity index (χ3v) is 3.56. The van der Waals surface area contributed by atoms with Gasteiger partial charge in [0.1, 0.15) is 5.76 Å². The Hall–Kier alpha value is -3.04. The number of hydrogen-bond acceptors (Lipinski definition) is 5. The van der Waals surface area contributed by atoms with Gasteiger partial charge in [-0.15, -0.1) is 0 Å². The molecule has 1 aromatic heterocycles. The summed E-state index contributed by atoms with van der Waals surface area (Å²) in [6.07, 6.45) is 4.74. The van der Waals surface area contributed by atoms with Gasteiger partial charge in [-0.05, 0) is 66.9 Å². The van der Waals surface area contributed by atoms with Crippen LogP contribution in [0.15, 0.2) is 53.2 Å². The first-order valence-electron chi connectivity index (χ1n) is 8.00. The Bertz CT molecular complexity index is 846. The highest BCUT2D eigenvalue weighted by Crippen LogP contribution is 2.13. The fraction of sp³-hybridized carbons (Fsp3) is 0.111. The first-order valence-corrected chi connectivity index (χ1v) is 8.82. The molecule has 0 aliphatic carbocycles. The van der Waals surface area contributed by atoms with E-state index in [-0.39, 0.29) is 22.0 Å². The van der Waals surface area contributed by atoms with Crippen molar-refractivity contribution in [2.45, 2.75) is 13.3 Å². The van der Waals surface area contributed by atoms with Crippen molar-refractivity contribution in [3.63, 3.8) is 0 Å². The Morgan fingerprint density at radius 1 is 1.00 bits per heavy atom. The molecule has 0 saturated carbocycles. The molecular formula is C18H18N4O3S2. The van der Waals surface area contributed by atoms with Crippen LogP contribution in [0.4, 0.5) is 11.4 Å². The second kappa shape index (κ2) is 10.2. The predicted molar refractivity (Wildman–Crippen MR) is 113 cm³/mol. The first kappa shape index (κ1) is 20.3. The topological polar surface area (TPSA) is 95.4 Å². The summed E-state index contributed by atoms with van der Waals surface area (Å²) >= 11 is 10.1. The normalized spacial score (nSPS) is 10.3. The van der Waals surface area contributed by atoms with Crippen molar-refractivity contribution in [2.75, 3.05) is 10.6 Å². The lowest BCUT2D eigenvalue weighted by Crippen LogP contribution is -2.33. The quantitative estimate of drug-likeness (QED) is 0.451. The SMILES string of the molecule is CCC(=O)NC(=S)Nc1ccc(NC(=S)NC(=O)/C=C/c2ccco2)cc1. The van der Waals surface area contributed by atoms with E-state index < -0.39 is 0 Å². The lowest BCUT2D eigenvalue weighted by molar-refractivity contribution is -0.119. The second-order valence-corrected chi connectivity index (χ2v) is 6.04. The largest absolute Gasteiger partial charge is 0.465 e. The van der Waals surface area contributed by atoms with Gasteiger partial charge in [0.25, 0.3) is 0 Å². The molecule has 0 spiro atoms. The molecule has 0 aliphatic heterocycles. The van der Waals surface area contributed by atoms with Crippen molar-refractivity contribution in [1.29, 1.82) is 0 Å². The van der Waals surface area contributed by atoms with Crippen LogP contribution in [0.5, 0.6) is 0 Å². The third-order valence-electron chi connectivity index (χ3n) is 3.15. The molecule has 0 unspecified atom stereocenters. The number of carbonyl (C=O) groups excluding carboxylic acids is 2. The molecule has 2 amide bonds. The van der Waals surface area contributed by atoms with Crippen molar-refractivity contribution in [2.24, 2.45) is 0 Å². The predicted octanol–water partition coefficient (Wildman–Crippen LogP) is 3.03. The number of rotatable bonds is 5. The van der Waals surface area contributed by atoms with Gasteiger partial charge in [0.15, 0.2) is 10.2 Å². The van der Waals surface area contributed by atoms with Crippen LogP contribution in [0.1, 0.15) is 19.1 Å².